The van der Waals surface area contributed by atoms with Crippen molar-refractivity contribution in [3.8, 4) is 6.07 Å². The first-order valence-electron chi connectivity index (χ1n) is 6.55. The third-order valence-corrected chi connectivity index (χ3v) is 4.41. The molecule has 2 rings (SSSR count). The Morgan fingerprint density at radius 3 is 2.26 bits per heavy atom. The molecule has 102 valence electrons. The van der Waals surface area contributed by atoms with Crippen LogP contribution >= 0.6 is 11.6 Å². The molecule has 0 aliphatic carbocycles. The Hall–Kier alpha value is -1.14. The number of halogens is 1. The topological polar surface area (TPSA) is 48.5 Å². The zero-order valence-corrected chi connectivity index (χ0v) is 13.0. The molecular weight excluding hydrogens is 258 g/mol. The number of hydrogen-bond acceptors (Lipinski definition) is 3. The van der Waals surface area contributed by atoms with Gasteiger partial charge in [-0.25, -0.2) is 4.99 Å². The summed E-state index contributed by atoms with van der Waals surface area (Å²) in [7, 11) is 0. The molecule has 0 bridgehead atoms. The van der Waals surface area contributed by atoms with E-state index in [2.05, 4.69) is 43.7 Å². The zero-order chi connectivity index (χ0) is 14.5. The molecule has 0 saturated heterocycles. The lowest BCUT2D eigenvalue weighted by molar-refractivity contribution is 0.428. The first kappa shape index (κ1) is 14.3. The van der Waals surface area contributed by atoms with Crippen LogP contribution in [-0.4, -0.2) is 16.4 Å². The molecule has 0 aromatic carbocycles. The molecule has 0 N–H and O–H groups in total. The normalized spacial score (nSPS) is 34.1. The standard InChI is InChI=1S/C15H20ClN3/c1-13(2)7-10(18-12(13)16)6-11-14(3,4)8-15(5,9-17)19-11/h6H,7-8H2,1-5H3/b10-6-. The maximum atomic E-state index is 9.23. The highest BCUT2D eigenvalue weighted by Gasteiger charge is 2.42. The average Bonchev–Trinajstić information content (AvgIpc) is 2.63. The van der Waals surface area contributed by atoms with E-state index in [1.165, 1.54) is 0 Å². The van der Waals surface area contributed by atoms with Gasteiger partial charge in [0.1, 0.15) is 10.7 Å². The van der Waals surface area contributed by atoms with Crippen molar-refractivity contribution in [1.82, 2.24) is 0 Å². The van der Waals surface area contributed by atoms with Crippen LogP contribution in [0.3, 0.4) is 0 Å². The minimum absolute atomic E-state index is 0.0881. The Bertz CT molecular complexity index is 546. The number of nitrogens with zero attached hydrogens (tertiary/aromatic N) is 3. The Labute approximate surface area is 120 Å². The fourth-order valence-corrected chi connectivity index (χ4v) is 2.96. The van der Waals surface area contributed by atoms with E-state index in [-0.39, 0.29) is 10.8 Å². The molecule has 2 heterocycles. The predicted octanol–water partition coefficient (Wildman–Crippen LogP) is 4.09. The van der Waals surface area contributed by atoms with E-state index in [9.17, 15) is 5.26 Å². The summed E-state index contributed by atoms with van der Waals surface area (Å²) in [5.74, 6) is 0. The highest BCUT2D eigenvalue weighted by molar-refractivity contribution is 6.67. The molecule has 1 atom stereocenters. The highest BCUT2D eigenvalue weighted by Crippen LogP contribution is 2.42. The van der Waals surface area contributed by atoms with Crippen molar-refractivity contribution in [3.63, 3.8) is 0 Å². The smallest absolute Gasteiger partial charge is 0.145 e. The number of hydrogen-bond donors (Lipinski definition) is 0. The largest absolute Gasteiger partial charge is 0.268 e. The second kappa shape index (κ2) is 4.18. The Morgan fingerprint density at radius 1 is 1.21 bits per heavy atom. The lowest BCUT2D eigenvalue weighted by atomic mass is 9.80. The predicted molar refractivity (Wildman–Crippen MR) is 79.6 cm³/mol. The van der Waals surface area contributed by atoms with Gasteiger partial charge in [-0.15, -0.1) is 0 Å². The highest BCUT2D eigenvalue weighted by atomic mass is 35.5. The molecule has 0 saturated carbocycles. The van der Waals surface area contributed by atoms with Gasteiger partial charge < -0.3 is 0 Å². The number of allylic oxidation sites excluding steroid dienone is 2. The van der Waals surface area contributed by atoms with Gasteiger partial charge in [0.2, 0.25) is 0 Å². The van der Waals surface area contributed by atoms with Crippen molar-refractivity contribution in [2.24, 2.45) is 20.8 Å². The maximum absolute atomic E-state index is 9.23. The molecule has 19 heavy (non-hydrogen) atoms. The van der Waals surface area contributed by atoms with Gasteiger partial charge in [0.05, 0.1) is 6.07 Å². The van der Waals surface area contributed by atoms with Gasteiger partial charge in [0, 0.05) is 28.7 Å². The summed E-state index contributed by atoms with van der Waals surface area (Å²) in [6, 6.07) is 2.30. The van der Waals surface area contributed by atoms with Crippen LogP contribution in [0.1, 0.15) is 47.5 Å². The Balaban J connectivity index is 2.35. The second-order valence-electron chi connectivity index (χ2n) is 7.04. The summed E-state index contributed by atoms with van der Waals surface area (Å²) in [6.07, 6.45) is 3.58. The van der Waals surface area contributed by atoms with E-state index in [1.54, 1.807) is 0 Å². The summed E-state index contributed by atoms with van der Waals surface area (Å²) in [5, 5.41) is 9.89. The maximum Gasteiger partial charge on any atom is 0.145 e. The first-order valence-corrected chi connectivity index (χ1v) is 6.93. The molecule has 2 aliphatic rings. The minimum Gasteiger partial charge on any atom is -0.268 e. The van der Waals surface area contributed by atoms with Crippen LogP contribution in [0.2, 0.25) is 0 Å². The van der Waals surface area contributed by atoms with Crippen molar-refractivity contribution in [2.45, 2.75) is 53.0 Å². The van der Waals surface area contributed by atoms with E-state index in [0.717, 1.165) is 24.3 Å². The van der Waals surface area contributed by atoms with E-state index >= 15 is 0 Å². The lowest BCUT2D eigenvalue weighted by Gasteiger charge is -2.20. The molecule has 0 radical (unpaired) electrons. The minimum atomic E-state index is -0.614. The average molecular weight is 278 g/mol. The molecule has 2 aliphatic heterocycles. The zero-order valence-electron chi connectivity index (χ0n) is 12.2. The van der Waals surface area contributed by atoms with Crippen molar-refractivity contribution in [2.75, 3.05) is 0 Å². The first-order chi connectivity index (χ1) is 8.58. The molecule has 0 fully saturated rings. The molecule has 0 aromatic rings. The SMILES string of the molecule is CC1(C#N)CC(C)(C)C(/C=C2/CC(C)(C)C(Cl)=N2)=N1. The quantitative estimate of drug-likeness (QED) is 0.712. The molecule has 0 aromatic heterocycles. The summed E-state index contributed by atoms with van der Waals surface area (Å²) in [6.45, 7) is 10.3. The van der Waals surface area contributed by atoms with E-state index < -0.39 is 5.54 Å². The Morgan fingerprint density at radius 2 is 1.84 bits per heavy atom. The van der Waals surface area contributed by atoms with Gasteiger partial charge >= 0.3 is 0 Å². The molecule has 1 unspecified atom stereocenters. The van der Waals surface area contributed by atoms with Crippen molar-refractivity contribution in [3.05, 3.63) is 11.8 Å². The van der Waals surface area contributed by atoms with Crippen LogP contribution in [0, 0.1) is 22.2 Å². The van der Waals surface area contributed by atoms with E-state index in [0.29, 0.717) is 5.17 Å². The van der Waals surface area contributed by atoms with Crippen molar-refractivity contribution < 1.29 is 0 Å². The van der Waals surface area contributed by atoms with Gasteiger partial charge in [0.25, 0.3) is 0 Å². The molecule has 3 nitrogen and oxygen atoms in total. The fourth-order valence-electron chi connectivity index (χ4n) is 2.78. The van der Waals surface area contributed by atoms with Crippen LogP contribution in [0.5, 0.6) is 0 Å². The number of nitriles is 1. The summed E-state index contributed by atoms with van der Waals surface area (Å²) in [4.78, 5) is 9.02. The summed E-state index contributed by atoms with van der Waals surface area (Å²) >= 11 is 6.16. The van der Waals surface area contributed by atoms with Crippen LogP contribution < -0.4 is 0 Å². The number of aliphatic imine (C=N–C) groups is 2. The lowest BCUT2D eigenvalue weighted by Crippen LogP contribution is -2.23. The third-order valence-electron chi connectivity index (χ3n) is 3.81. The molecule has 0 spiro atoms. The van der Waals surface area contributed by atoms with Gasteiger partial charge in [-0.05, 0) is 19.4 Å². The van der Waals surface area contributed by atoms with Gasteiger partial charge in [-0.3, -0.25) is 4.99 Å². The van der Waals surface area contributed by atoms with Gasteiger partial charge in [-0.1, -0.05) is 39.3 Å². The van der Waals surface area contributed by atoms with Gasteiger partial charge in [0.15, 0.2) is 0 Å². The van der Waals surface area contributed by atoms with Crippen LogP contribution in [0.15, 0.2) is 21.8 Å². The summed E-state index contributed by atoms with van der Waals surface area (Å²) in [5.41, 5.74) is 1.13. The van der Waals surface area contributed by atoms with Crippen molar-refractivity contribution >= 4 is 22.5 Å². The van der Waals surface area contributed by atoms with Crippen LogP contribution in [0.25, 0.3) is 0 Å². The second-order valence-corrected chi connectivity index (χ2v) is 7.40. The van der Waals surface area contributed by atoms with Crippen LogP contribution in [-0.2, 0) is 0 Å². The molecule has 0 amide bonds. The van der Waals surface area contributed by atoms with Crippen LogP contribution in [0.4, 0.5) is 0 Å². The fraction of sp³-hybridized carbons (Fsp3) is 0.667. The van der Waals surface area contributed by atoms with Gasteiger partial charge in [-0.2, -0.15) is 5.26 Å². The number of rotatable bonds is 1. The molecule has 4 heteroatoms. The third kappa shape index (κ3) is 2.60. The molecular formula is C15H20ClN3. The van der Waals surface area contributed by atoms with Crippen molar-refractivity contribution in [1.29, 1.82) is 5.26 Å². The summed E-state index contributed by atoms with van der Waals surface area (Å²) < 4.78 is 0. The Kier molecular flexibility index (Phi) is 3.14. The van der Waals surface area contributed by atoms with E-state index in [1.807, 2.05) is 13.0 Å². The monoisotopic (exact) mass is 277 g/mol. The van der Waals surface area contributed by atoms with E-state index in [4.69, 9.17) is 11.6 Å².